The molecule has 0 bridgehead atoms. The molecule has 2 aromatic carbocycles. The van der Waals surface area contributed by atoms with Crippen LogP contribution in [0.4, 0.5) is 5.69 Å². The van der Waals surface area contributed by atoms with E-state index in [2.05, 4.69) is 25.8 Å². The lowest BCUT2D eigenvalue weighted by Gasteiger charge is -2.36. The highest BCUT2D eigenvalue weighted by Gasteiger charge is 2.20. The zero-order chi connectivity index (χ0) is 24.4. The molecule has 5 rings (SSSR count). The van der Waals surface area contributed by atoms with Crippen molar-refractivity contribution in [2.24, 2.45) is 0 Å². The Labute approximate surface area is 202 Å². The molecular formula is C26H29N5O4. The lowest BCUT2D eigenvalue weighted by Crippen LogP contribution is -2.48. The fourth-order valence-corrected chi connectivity index (χ4v) is 4.69. The summed E-state index contributed by atoms with van der Waals surface area (Å²) in [6, 6.07) is 17.3. The Morgan fingerprint density at radius 2 is 1.51 bits per heavy atom. The number of aromatic amines is 2. The van der Waals surface area contributed by atoms with E-state index in [1.807, 2.05) is 42.5 Å². The van der Waals surface area contributed by atoms with Gasteiger partial charge in [-0.1, -0.05) is 24.3 Å². The maximum Gasteiger partial charge on any atom is 0.329 e. The molecule has 0 radical (unpaired) electrons. The number of methoxy groups -OCH3 is 2. The lowest BCUT2D eigenvalue weighted by atomic mass is 10.1. The van der Waals surface area contributed by atoms with Gasteiger partial charge in [0.2, 0.25) is 0 Å². The summed E-state index contributed by atoms with van der Waals surface area (Å²) in [6.45, 7) is 4.34. The van der Waals surface area contributed by atoms with E-state index in [9.17, 15) is 9.59 Å². The predicted octanol–water partition coefficient (Wildman–Crippen LogP) is 2.52. The van der Waals surface area contributed by atoms with Crippen molar-refractivity contribution in [3.8, 4) is 22.8 Å². The third-order valence-corrected chi connectivity index (χ3v) is 6.61. The van der Waals surface area contributed by atoms with E-state index in [0.29, 0.717) is 29.9 Å². The molecule has 1 aliphatic heterocycles. The minimum atomic E-state index is -0.413. The van der Waals surface area contributed by atoms with Gasteiger partial charge >= 0.3 is 5.69 Å². The largest absolute Gasteiger partial charge is 0.496 e. The van der Waals surface area contributed by atoms with E-state index in [-0.39, 0.29) is 5.56 Å². The fraction of sp³-hybridized carbons (Fsp3) is 0.308. The third-order valence-electron chi connectivity index (χ3n) is 6.61. The molecule has 182 valence electrons. The molecule has 1 fully saturated rings. The van der Waals surface area contributed by atoms with E-state index in [1.54, 1.807) is 20.3 Å². The van der Waals surface area contributed by atoms with Crippen LogP contribution in [0.5, 0.6) is 11.5 Å². The molecule has 0 aliphatic carbocycles. The van der Waals surface area contributed by atoms with Crippen LogP contribution in [0.15, 0.2) is 64.2 Å². The summed E-state index contributed by atoms with van der Waals surface area (Å²) in [4.78, 5) is 36.5. The minimum absolute atomic E-state index is 0.297. The van der Waals surface area contributed by atoms with Crippen molar-refractivity contribution in [2.75, 3.05) is 51.8 Å². The van der Waals surface area contributed by atoms with Crippen LogP contribution in [0, 0.1) is 0 Å². The number of H-pyrrole nitrogens is 2. The molecule has 9 nitrogen and oxygen atoms in total. The molecule has 9 heteroatoms. The number of hydrogen-bond donors (Lipinski definition) is 2. The highest BCUT2D eigenvalue weighted by molar-refractivity contribution is 5.83. The molecule has 35 heavy (non-hydrogen) atoms. The average molecular weight is 476 g/mol. The summed E-state index contributed by atoms with van der Waals surface area (Å²) in [5, 5.41) is 0.450. The van der Waals surface area contributed by atoms with Crippen molar-refractivity contribution in [1.82, 2.24) is 19.4 Å². The van der Waals surface area contributed by atoms with Gasteiger partial charge in [-0.05, 0) is 30.3 Å². The molecule has 0 saturated carbocycles. The molecule has 0 unspecified atom stereocenters. The zero-order valence-electron chi connectivity index (χ0n) is 19.9. The molecule has 2 aromatic heterocycles. The second kappa shape index (κ2) is 9.71. The van der Waals surface area contributed by atoms with Gasteiger partial charge in [-0.25, -0.2) is 4.79 Å². The van der Waals surface area contributed by atoms with Gasteiger partial charge in [0, 0.05) is 44.8 Å². The Morgan fingerprint density at radius 3 is 2.26 bits per heavy atom. The molecule has 0 amide bonds. The number of rotatable bonds is 7. The Bertz CT molecular complexity index is 1450. The number of hydrogen-bond acceptors (Lipinski definition) is 6. The number of anilines is 1. The highest BCUT2D eigenvalue weighted by Crippen LogP contribution is 2.30. The van der Waals surface area contributed by atoms with Gasteiger partial charge in [0.25, 0.3) is 5.56 Å². The third kappa shape index (κ3) is 4.42. The second-order valence-electron chi connectivity index (χ2n) is 8.56. The van der Waals surface area contributed by atoms with Gasteiger partial charge in [0.1, 0.15) is 17.1 Å². The molecule has 3 heterocycles. The first-order valence-electron chi connectivity index (χ1n) is 11.7. The first-order valence-corrected chi connectivity index (χ1v) is 11.7. The Balaban J connectivity index is 1.30. The number of aromatic nitrogens is 3. The Morgan fingerprint density at radius 1 is 0.829 bits per heavy atom. The summed E-state index contributed by atoms with van der Waals surface area (Å²) in [7, 11) is 3.29. The van der Waals surface area contributed by atoms with E-state index >= 15 is 0 Å². The van der Waals surface area contributed by atoms with E-state index in [4.69, 9.17) is 9.47 Å². The molecule has 1 saturated heterocycles. The molecule has 0 spiro atoms. The van der Waals surface area contributed by atoms with Crippen molar-refractivity contribution in [2.45, 2.75) is 6.54 Å². The number of para-hydroxylation sites is 3. The van der Waals surface area contributed by atoms with Crippen LogP contribution in [-0.2, 0) is 6.54 Å². The van der Waals surface area contributed by atoms with Crippen LogP contribution < -0.4 is 25.6 Å². The van der Waals surface area contributed by atoms with Gasteiger partial charge in [0.05, 0.1) is 31.0 Å². The van der Waals surface area contributed by atoms with Crippen molar-refractivity contribution < 1.29 is 9.47 Å². The van der Waals surface area contributed by atoms with Crippen molar-refractivity contribution >= 4 is 16.7 Å². The summed E-state index contributed by atoms with van der Waals surface area (Å²) < 4.78 is 12.2. The van der Waals surface area contributed by atoms with Crippen LogP contribution in [-0.4, -0.2) is 66.4 Å². The number of piperazine rings is 1. The SMILES string of the molecule is COc1ccccc1-c1cc2c(=O)n(CCN3CCN(c4ccccc4OC)CC3)c(=O)[nH]c2[nH]1. The fourth-order valence-electron chi connectivity index (χ4n) is 4.69. The maximum atomic E-state index is 13.2. The average Bonchev–Trinajstić information content (AvgIpc) is 3.33. The first-order chi connectivity index (χ1) is 17.1. The molecular weight excluding hydrogens is 446 g/mol. The van der Waals surface area contributed by atoms with E-state index in [1.165, 1.54) is 4.57 Å². The van der Waals surface area contributed by atoms with Crippen molar-refractivity contribution in [3.05, 3.63) is 75.4 Å². The van der Waals surface area contributed by atoms with Gasteiger partial charge in [0.15, 0.2) is 0 Å². The molecule has 0 atom stereocenters. The number of nitrogens with zero attached hydrogens (tertiary/aromatic N) is 3. The Hall–Kier alpha value is -3.98. The zero-order valence-corrected chi connectivity index (χ0v) is 19.9. The number of nitrogens with one attached hydrogen (secondary N) is 2. The minimum Gasteiger partial charge on any atom is -0.496 e. The summed E-state index contributed by atoms with van der Waals surface area (Å²) in [5.74, 6) is 1.56. The van der Waals surface area contributed by atoms with Crippen LogP contribution in [0.3, 0.4) is 0 Å². The van der Waals surface area contributed by atoms with E-state index in [0.717, 1.165) is 48.9 Å². The molecule has 1 aliphatic rings. The van der Waals surface area contributed by atoms with Crippen LogP contribution in [0.25, 0.3) is 22.3 Å². The maximum absolute atomic E-state index is 13.2. The summed E-state index contributed by atoms with van der Waals surface area (Å²) >= 11 is 0. The number of fused-ring (bicyclic) bond motifs is 1. The molecule has 2 N–H and O–H groups in total. The van der Waals surface area contributed by atoms with Crippen molar-refractivity contribution in [3.63, 3.8) is 0 Å². The monoisotopic (exact) mass is 475 g/mol. The van der Waals surface area contributed by atoms with Crippen molar-refractivity contribution in [1.29, 1.82) is 0 Å². The Kier molecular flexibility index (Phi) is 6.33. The van der Waals surface area contributed by atoms with Gasteiger partial charge in [-0.2, -0.15) is 0 Å². The first kappa shape index (κ1) is 22.8. The van der Waals surface area contributed by atoms with Crippen LogP contribution >= 0.6 is 0 Å². The number of ether oxygens (including phenoxy) is 2. The topological polar surface area (TPSA) is 95.6 Å². The van der Waals surface area contributed by atoms with Crippen LogP contribution in [0.1, 0.15) is 0 Å². The number of benzene rings is 2. The normalized spacial score (nSPS) is 14.4. The predicted molar refractivity (Wildman–Crippen MR) is 137 cm³/mol. The summed E-state index contributed by atoms with van der Waals surface area (Å²) in [6.07, 6.45) is 0. The highest BCUT2D eigenvalue weighted by atomic mass is 16.5. The van der Waals surface area contributed by atoms with Gasteiger partial charge < -0.3 is 19.4 Å². The van der Waals surface area contributed by atoms with Gasteiger partial charge in [-0.3, -0.25) is 19.2 Å². The van der Waals surface area contributed by atoms with Gasteiger partial charge in [-0.15, -0.1) is 0 Å². The molecule has 4 aromatic rings. The smallest absolute Gasteiger partial charge is 0.329 e. The second-order valence-corrected chi connectivity index (χ2v) is 8.56. The summed E-state index contributed by atoms with van der Waals surface area (Å²) in [5.41, 5.74) is 2.34. The van der Waals surface area contributed by atoms with Crippen LogP contribution in [0.2, 0.25) is 0 Å². The quantitative estimate of drug-likeness (QED) is 0.427. The lowest BCUT2D eigenvalue weighted by molar-refractivity contribution is 0.245. The standard InChI is InChI=1S/C26H29N5O4/c1-34-22-9-5-3-7-18(22)20-17-19-24(27-20)28-26(33)31(25(19)32)16-13-29-11-14-30(15-12-29)21-8-4-6-10-23(21)35-2/h3-10,17,27H,11-16H2,1-2H3,(H,28,33). The van der Waals surface area contributed by atoms with E-state index < -0.39 is 5.69 Å².